The summed E-state index contributed by atoms with van der Waals surface area (Å²) in [6.45, 7) is 8.78. The van der Waals surface area contributed by atoms with Gasteiger partial charge in [0.05, 0.1) is 12.8 Å². The van der Waals surface area contributed by atoms with E-state index in [1.807, 2.05) is 17.0 Å². The van der Waals surface area contributed by atoms with Crippen LogP contribution >= 0.6 is 0 Å². The molecular weight excluding hydrogens is 402 g/mol. The molecule has 1 aromatic heterocycles. The van der Waals surface area contributed by atoms with Gasteiger partial charge in [-0.1, -0.05) is 12.1 Å². The molecule has 2 saturated heterocycles. The quantitative estimate of drug-likeness (QED) is 0.720. The minimum atomic E-state index is 0.146. The first-order valence-electron chi connectivity index (χ1n) is 12.2. The maximum atomic E-state index is 13.2. The zero-order chi connectivity index (χ0) is 22.1. The molecule has 1 aromatic carbocycles. The summed E-state index contributed by atoms with van der Waals surface area (Å²) in [7, 11) is 1.74. The van der Waals surface area contributed by atoms with Crippen LogP contribution in [0.3, 0.4) is 0 Å². The van der Waals surface area contributed by atoms with Crippen molar-refractivity contribution in [1.29, 1.82) is 0 Å². The second kappa shape index (κ2) is 9.14. The van der Waals surface area contributed by atoms with E-state index in [1.165, 1.54) is 16.9 Å². The average Bonchev–Trinajstić information content (AvgIpc) is 3.52. The highest BCUT2D eigenvalue weighted by molar-refractivity contribution is 5.94. The molecule has 0 saturated carbocycles. The Kier molecular flexibility index (Phi) is 6.09. The van der Waals surface area contributed by atoms with Crippen LogP contribution in [0.5, 0.6) is 5.75 Å². The van der Waals surface area contributed by atoms with Crippen LogP contribution in [-0.2, 0) is 19.4 Å². The molecule has 7 nitrogen and oxygen atoms in total. The van der Waals surface area contributed by atoms with E-state index < -0.39 is 0 Å². The highest BCUT2D eigenvalue weighted by Crippen LogP contribution is 2.32. The highest BCUT2D eigenvalue weighted by Gasteiger charge is 2.34. The molecule has 5 rings (SSSR count). The lowest BCUT2D eigenvalue weighted by Gasteiger charge is -2.41. The van der Waals surface area contributed by atoms with Gasteiger partial charge in [0.15, 0.2) is 5.69 Å². The number of ether oxygens (including phenoxy) is 1. The van der Waals surface area contributed by atoms with E-state index >= 15 is 0 Å². The van der Waals surface area contributed by atoms with Crippen LogP contribution < -0.4 is 9.64 Å². The van der Waals surface area contributed by atoms with Crippen LogP contribution in [0.4, 0.5) is 5.69 Å². The fraction of sp³-hybridized carbons (Fsp3) is 0.600. The number of amides is 1. The number of anilines is 1. The number of methoxy groups -OCH3 is 1. The van der Waals surface area contributed by atoms with Crippen LogP contribution in [0.1, 0.15) is 47.9 Å². The molecule has 3 aliphatic rings. The van der Waals surface area contributed by atoms with Gasteiger partial charge in [0.2, 0.25) is 0 Å². The van der Waals surface area contributed by atoms with E-state index in [4.69, 9.17) is 9.84 Å². The van der Waals surface area contributed by atoms with Crippen molar-refractivity contribution in [2.24, 2.45) is 0 Å². The highest BCUT2D eigenvalue weighted by atomic mass is 16.5. The summed E-state index contributed by atoms with van der Waals surface area (Å²) in [5, 5.41) is 4.79. The number of hydrogen-bond donors (Lipinski definition) is 0. The number of piperazine rings is 1. The Morgan fingerprint density at radius 2 is 1.84 bits per heavy atom. The minimum absolute atomic E-state index is 0.146. The molecule has 2 aromatic rings. The van der Waals surface area contributed by atoms with Gasteiger partial charge in [-0.25, -0.2) is 0 Å². The molecule has 0 N–H and O–H groups in total. The van der Waals surface area contributed by atoms with Gasteiger partial charge >= 0.3 is 0 Å². The number of rotatable bonds is 5. The fourth-order valence-corrected chi connectivity index (χ4v) is 5.70. The third-order valence-corrected chi connectivity index (χ3v) is 7.47. The summed E-state index contributed by atoms with van der Waals surface area (Å²) in [5.74, 6) is 1.09. The fourth-order valence-electron chi connectivity index (χ4n) is 5.70. The lowest BCUT2D eigenvalue weighted by molar-refractivity contribution is 0.0784. The van der Waals surface area contributed by atoms with Crippen LogP contribution in [0.25, 0.3) is 0 Å². The average molecular weight is 438 g/mol. The number of carbonyl (C=O) groups excluding carboxylic acids is 1. The van der Waals surface area contributed by atoms with Crippen molar-refractivity contribution in [1.82, 2.24) is 19.6 Å². The molecule has 0 spiro atoms. The molecule has 0 bridgehead atoms. The van der Waals surface area contributed by atoms with E-state index in [0.29, 0.717) is 6.04 Å². The Hall–Kier alpha value is -2.54. The van der Waals surface area contributed by atoms with Gasteiger partial charge in [-0.3, -0.25) is 14.4 Å². The minimum Gasteiger partial charge on any atom is -0.495 e. The Balaban J connectivity index is 1.29. The third kappa shape index (κ3) is 3.87. The van der Waals surface area contributed by atoms with E-state index in [0.717, 1.165) is 89.4 Å². The molecule has 172 valence electrons. The summed E-state index contributed by atoms with van der Waals surface area (Å²) in [5.41, 5.74) is 4.41. The number of para-hydroxylation sites is 2. The van der Waals surface area contributed by atoms with Crippen molar-refractivity contribution in [2.75, 3.05) is 51.3 Å². The normalized spacial score (nSPS) is 21.6. The Bertz CT molecular complexity index is 957. The van der Waals surface area contributed by atoms with Crippen molar-refractivity contribution in [3.63, 3.8) is 0 Å². The molecule has 1 aliphatic carbocycles. The maximum absolute atomic E-state index is 13.2. The van der Waals surface area contributed by atoms with Crippen molar-refractivity contribution in [2.45, 2.75) is 51.6 Å². The molecule has 32 heavy (non-hydrogen) atoms. The molecule has 7 heteroatoms. The molecule has 1 atom stereocenters. The largest absolute Gasteiger partial charge is 0.495 e. The predicted molar refractivity (Wildman–Crippen MR) is 126 cm³/mol. The maximum Gasteiger partial charge on any atom is 0.274 e. The van der Waals surface area contributed by atoms with Crippen LogP contribution in [-0.4, -0.2) is 77.9 Å². The van der Waals surface area contributed by atoms with E-state index in [-0.39, 0.29) is 5.91 Å². The van der Waals surface area contributed by atoms with Gasteiger partial charge in [-0.2, -0.15) is 5.10 Å². The number of nitrogens with zero attached hydrogens (tertiary/aromatic N) is 5. The van der Waals surface area contributed by atoms with Crippen molar-refractivity contribution >= 4 is 11.6 Å². The lowest BCUT2D eigenvalue weighted by Crippen LogP contribution is -2.52. The summed E-state index contributed by atoms with van der Waals surface area (Å²) in [6, 6.07) is 8.78. The third-order valence-electron chi connectivity index (χ3n) is 7.47. The molecular formula is C25H35N5O2. The number of carbonyl (C=O) groups is 1. The molecule has 2 aliphatic heterocycles. The first-order chi connectivity index (χ1) is 15.7. The molecule has 2 fully saturated rings. The number of fused-ring (bicyclic) bond motifs is 1. The Morgan fingerprint density at radius 1 is 1.09 bits per heavy atom. The monoisotopic (exact) mass is 437 g/mol. The first-order valence-corrected chi connectivity index (χ1v) is 12.2. The van der Waals surface area contributed by atoms with E-state index in [2.05, 4.69) is 33.5 Å². The van der Waals surface area contributed by atoms with E-state index in [1.54, 1.807) is 7.11 Å². The van der Waals surface area contributed by atoms with Crippen LogP contribution in [0.15, 0.2) is 24.3 Å². The van der Waals surface area contributed by atoms with Crippen molar-refractivity contribution in [3.8, 4) is 5.75 Å². The summed E-state index contributed by atoms with van der Waals surface area (Å²) < 4.78 is 7.65. The lowest BCUT2D eigenvalue weighted by atomic mass is 9.89. The van der Waals surface area contributed by atoms with Crippen molar-refractivity contribution < 1.29 is 9.53 Å². The van der Waals surface area contributed by atoms with Gasteiger partial charge in [0.1, 0.15) is 5.75 Å². The second-order valence-corrected chi connectivity index (χ2v) is 9.18. The zero-order valence-corrected chi connectivity index (χ0v) is 19.4. The first kappa shape index (κ1) is 21.3. The number of likely N-dealkylation sites (tertiary alicyclic amines) is 1. The summed E-state index contributed by atoms with van der Waals surface area (Å²) >= 11 is 0. The predicted octanol–water partition coefficient (Wildman–Crippen LogP) is 2.83. The molecule has 0 unspecified atom stereocenters. The Morgan fingerprint density at radius 3 is 2.56 bits per heavy atom. The number of benzene rings is 1. The van der Waals surface area contributed by atoms with Gasteiger partial charge in [0, 0.05) is 63.1 Å². The summed E-state index contributed by atoms with van der Waals surface area (Å²) in [6.07, 6.45) is 5.33. The van der Waals surface area contributed by atoms with Gasteiger partial charge < -0.3 is 14.5 Å². The molecule has 1 amide bonds. The second-order valence-electron chi connectivity index (χ2n) is 9.18. The van der Waals surface area contributed by atoms with Gasteiger partial charge in [-0.05, 0) is 51.2 Å². The van der Waals surface area contributed by atoms with Crippen LogP contribution in [0, 0.1) is 0 Å². The van der Waals surface area contributed by atoms with Gasteiger partial charge in [-0.15, -0.1) is 0 Å². The number of aryl methyl sites for hydroxylation is 1. The molecule has 0 radical (unpaired) electrons. The van der Waals surface area contributed by atoms with Gasteiger partial charge in [0.25, 0.3) is 5.91 Å². The number of aromatic nitrogens is 2. The summed E-state index contributed by atoms with van der Waals surface area (Å²) in [4.78, 5) is 20.3. The smallest absolute Gasteiger partial charge is 0.274 e. The topological polar surface area (TPSA) is 53.8 Å². The zero-order valence-electron chi connectivity index (χ0n) is 19.4. The SMILES string of the molecule is CCn1nc(C(=O)N2CCCC2)c2c1CC[C@@H](N1CCN(c3ccccc3OC)CC1)C2. The molecule has 3 heterocycles. The Labute approximate surface area is 190 Å². The standard InChI is InChI=1S/C25H35N5O2/c1-3-30-21-11-10-19(18-20(21)24(26-30)25(31)29-12-6-7-13-29)27-14-16-28(17-15-27)22-8-4-5-9-23(22)32-2/h4-5,8-9,19H,3,6-7,10-18H2,1-2H3/t19-/m1/s1. The van der Waals surface area contributed by atoms with Crippen molar-refractivity contribution in [3.05, 3.63) is 41.2 Å². The number of hydrogen-bond acceptors (Lipinski definition) is 5. The van der Waals surface area contributed by atoms with Crippen LogP contribution in [0.2, 0.25) is 0 Å². The van der Waals surface area contributed by atoms with E-state index in [9.17, 15) is 4.79 Å².